The van der Waals surface area contributed by atoms with Gasteiger partial charge in [-0.1, -0.05) is 25.5 Å². The molecule has 10 heteroatoms. The zero-order valence-corrected chi connectivity index (χ0v) is 16.5. The Bertz CT molecular complexity index is 876. The van der Waals surface area contributed by atoms with Crippen LogP contribution in [0, 0.1) is 24.0 Å². The minimum absolute atomic E-state index is 0.0338. The molecule has 0 saturated carbocycles. The highest BCUT2D eigenvalue weighted by Crippen LogP contribution is 2.23. The van der Waals surface area contributed by atoms with Crippen molar-refractivity contribution in [2.75, 3.05) is 13.1 Å². The topological polar surface area (TPSA) is 81.3 Å². The molecule has 0 atom stereocenters. The average Bonchev–Trinajstić information content (AvgIpc) is 2.91. The van der Waals surface area contributed by atoms with Crippen LogP contribution in [0.3, 0.4) is 0 Å². The third kappa shape index (κ3) is 5.78. The van der Waals surface area contributed by atoms with E-state index < -0.39 is 23.6 Å². The highest BCUT2D eigenvalue weighted by Gasteiger charge is 2.33. The van der Waals surface area contributed by atoms with Gasteiger partial charge in [0.05, 0.1) is 11.5 Å². The maximum absolute atomic E-state index is 12.8. The maximum Gasteiger partial charge on any atom is 0.406 e. The van der Waals surface area contributed by atoms with Gasteiger partial charge in [-0.15, -0.1) is 0 Å². The number of hydrogen-bond acceptors (Lipinski definition) is 4. The molecule has 0 aliphatic rings. The van der Waals surface area contributed by atoms with Crippen molar-refractivity contribution in [3.8, 4) is 0 Å². The van der Waals surface area contributed by atoms with Crippen LogP contribution in [0.5, 0.6) is 0 Å². The number of nitro groups is 1. The van der Waals surface area contributed by atoms with Crippen LogP contribution >= 0.6 is 0 Å². The van der Waals surface area contributed by atoms with E-state index in [9.17, 15) is 28.1 Å². The van der Waals surface area contributed by atoms with Gasteiger partial charge in [-0.05, 0) is 38.0 Å². The number of alkyl halides is 3. The van der Waals surface area contributed by atoms with Crippen LogP contribution in [-0.4, -0.2) is 44.8 Å². The fourth-order valence-corrected chi connectivity index (χ4v) is 3.03. The van der Waals surface area contributed by atoms with Gasteiger partial charge >= 0.3 is 11.9 Å². The largest absolute Gasteiger partial charge is 0.406 e. The minimum atomic E-state index is -4.46. The summed E-state index contributed by atoms with van der Waals surface area (Å²) in [7, 11) is 0. The molecule has 0 spiro atoms. The molecule has 158 valence electrons. The molecule has 2 rings (SSSR count). The van der Waals surface area contributed by atoms with Gasteiger partial charge in [0.1, 0.15) is 17.9 Å². The smallest absolute Gasteiger partial charge is 0.330 e. The Balaban J connectivity index is 2.17. The number of benzene rings is 1. The molecule has 0 bridgehead atoms. The number of halogens is 3. The number of unbranched alkanes of at least 4 members (excludes halogenated alkanes) is 1. The Morgan fingerprint density at radius 1 is 1.24 bits per heavy atom. The fraction of sp³-hybridized carbons (Fsp3) is 0.474. The van der Waals surface area contributed by atoms with Gasteiger partial charge in [-0.25, -0.2) is 0 Å². The number of carbonyl (C=O) groups is 1. The second-order valence-corrected chi connectivity index (χ2v) is 6.83. The van der Waals surface area contributed by atoms with Crippen LogP contribution in [-0.2, 0) is 6.54 Å². The van der Waals surface area contributed by atoms with E-state index in [4.69, 9.17) is 0 Å². The summed E-state index contributed by atoms with van der Waals surface area (Å²) in [6.07, 6.45) is -3.31. The molecule has 0 fully saturated rings. The van der Waals surface area contributed by atoms with Gasteiger partial charge in [0.15, 0.2) is 0 Å². The lowest BCUT2D eigenvalue weighted by Gasteiger charge is -2.24. The predicted molar refractivity (Wildman–Crippen MR) is 101 cm³/mol. The summed E-state index contributed by atoms with van der Waals surface area (Å²) in [5.41, 5.74) is 1.54. The van der Waals surface area contributed by atoms with Gasteiger partial charge < -0.3 is 4.90 Å². The number of rotatable bonds is 8. The van der Waals surface area contributed by atoms with Crippen LogP contribution in [0.4, 0.5) is 18.9 Å². The molecule has 0 radical (unpaired) electrons. The number of nitrogens with zero attached hydrogens (tertiary/aromatic N) is 4. The molecule has 0 N–H and O–H groups in total. The molecular formula is C19H23F3N4O3. The summed E-state index contributed by atoms with van der Waals surface area (Å²) < 4.78 is 39.9. The first-order valence-electron chi connectivity index (χ1n) is 9.16. The van der Waals surface area contributed by atoms with Gasteiger partial charge in [0.25, 0.3) is 5.91 Å². The van der Waals surface area contributed by atoms with Crippen molar-refractivity contribution in [2.45, 2.75) is 46.3 Å². The Morgan fingerprint density at radius 2 is 1.86 bits per heavy atom. The lowest BCUT2D eigenvalue weighted by atomic mass is 10.1. The average molecular weight is 412 g/mol. The number of aryl methyl sites for hydroxylation is 1. The molecule has 0 aliphatic heterocycles. The second kappa shape index (κ2) is 9.06. The maximum atomic E-state index is 12.8. The normalized spacial score (nSPS) is 11.5. The number of carbonyl (C=O) groups excluding carboxylic acids is 1. The molecule has 1 aromatic heterocycles. The minimum Gasteiger partial charge on any atom is -0.330 e. The predicted octanol–water partition coefficient (Wildman–Crippen LogP) is 4.26. The summed E-state index contributed by atoms with van der Waals surface area (Å²) in [4.78, 5) is 23.9. The molecule has 7 nitrogen and oxygen atoms in total. The Morgan fingerprint density at radius 3 is 2.34 bits per heavy atom. The van der Waals surface area contributed by atoms with Crippen molar-refractivity contribution in [3.05, 3.63) is 56.9 Å². The molecule has 1 aromatic carbocycles. The summed E-state index contributed by atoms with van der Waals surface area (Å²) in [5.74, 6) is -0.677. The Kier molecular flexibility index (Phi) is 6.99. The first kappa shape index (κ1) is 22.4. The van der Waals surface area contributed by atoms with E-state index in [-0.39, 0.29) is 24.3 Å². The zero-order valence-electron chi connectivity index (χ0n) is 16.5. The standard InChI is InChI=1S/C19H23F3N4O3/c1-4-5-10-24(12-19(20,21)22)18(27)16-8-6-15(7-9-16)11-25-14(3)17(26(28)29)13(2)23-25/h6-9H,4-5,10-12H2,1-3H3. The monoisotopic (exact) mass is 412 g/mol. The van der Waals surface area contributed by atoms with Crippen LogP contribution in [0.25, 0.3) is 0 Å². The molecule has 29 heavy (non-hydrogen) atoms. The van der Waals surface area contributed by atoms with E-state index in [1.165, 1.54) is 16.8 Å². The first-order chi connectivity index (χ1) is 13.5. The summed E-state index contributed by atoms with van der Waals surface area (Å²) in [5, 5.41) is 15.3. The number of amides is 1. The van der Waals surface area contributed by atoms with Crippen LogP contribution in [0.2, 0.25) is 0 Å². The van der Waals surface area contributed by atoms with Gasteiger partial charge in [-0.2, -0.15) is 18.3 Å². The number of hydrogen-bond donors (Lipinski definition) is 0. The number of aromatic nitrogens is 2. The summed E-state index contributed by atoms with van der Waals surface area (Å²) in [6, 6.07) is 6.16. The highest BCUT2D eigenvalue weighted by atomic mass is 19.4. The molecule has 0 saturated heterocycles. The third-order valence-electron chi connectivity index (χ3n) is 4.50. The van der Waals surface area contributed by atoms with Crippen LogP contribution in [0.1, 0.15) is 47.1 Å². The van der Waals surface area contributed by atoms with Crippen molar-refractivity contribution >= 4 is 11.6 Å². The quantitative estimate of drug-likeness (QED) is 0.479. The van der Waals surface area contributed by atoms with E-state index in [1.807, 2.05) is 6.92 Å². The molecular weight excluding hydrogens is 389 g/mol. The van der Waals surface area contributed by atoms with Gasteiger partial charge in [-0.3, -0.25) is 19.6 Å². The van der Waals surface area contributed by atoms with E-state index >= 15 is 0 Å². The van der Waals surface area contributed by atoms with Gasteiger partial charge in [0, 0.05) is 12.1 Å². The lowest BCUT2D eigenvalue weighted by molar-refractivity contribution is -0.386. The van der Waals surface area contributed by atoms with E-state index in [2.05, 4.69) is 5.10 Å². The van der Waals surface area contributed by atoms with Crippen molar-refractivity contribution in [3.63, 3.8) is 0 Å². The van der Waals surface area contributed by atoms with Crippen molar-refractivity contribution in [1.82, 2.24) is 14.7 Å². The highest BCUT2D eigenvalue weighted by molar-refractivity contribution is 5.94. The molecule has 1 heterocycles. The molecule has 1 amide bonds. The van der Waals surface area contributed by atoms with Crippen LogP contribution < -0.4 is 0 Å². The molecule has 0 aliphatic carbocycles. The third-order valence-corrected chi connectivity index (χ3v) is 4.50. The van der Waals surface area contributed by atoms with E-state index in [0.29, 0.717) is 24.2 Å². The summed E-state index contributed by atoms with van der Waals surface area (Å²) in [6.45, 7) is 3.98. The summed E-state index contributed by atoms with van der Waals surface area (Å²) >= 11 is 0. The lowest BCUT2D eigenvalue weighted by Crippen LogP contribution is -2.39. The molecule has 2 aromatic rings. The van der Waals surface area contributed by atoms with Crippen LogP contribution in [0.15, 0.2) is 24.3 Å². The molecule has 0 unspecified atom stereocenters. The first-order valence-corrected chi connectivity index (χ1v) is 9.16. The Hall–Kier alpha value is -2.91. The van der Waals surface area contributed by atoms with Crippen molar-refractivity contribution in [1.29, 1.82) is 0 Å². The van der Waals surface area contributed by atoms with Crippen molar-refractivity contribution < 1.29 is 22.9 Å². The zero-order chi connectivity index (χ0) is 21.8. The fourth-order valence-electron chi connectivity index (χ4n) is 3.03. The van der Waals surface area contributed by atoms with E-state index in [0.717, 1.165) is 10.5 Å². The second-order valence-electron chi connectivity index (χ2n) is 6.83. The SMILES string of the molecule is CCCCN(CC(F)(F)F)C(=O)c1ccc(Cn2nc(C)c([N+](=O)[O-])c2C)cc1. The van der Waals surface area contributed by atoms with Gasteiger partial charge in [0.2, 0.25) is 0 Å². The van der Waals surface area contributed by atoms with E-state index in [1.54, 1.807) is 26.0 Å². The van der Waals surface area contributed by atoms with Crippen molar-refractivity contribution in [2.24, 2.45) is 0 Å². The Labute approximate surface area is 166 Å².